The number of fused-ring (bicyclic) bond motifs is 1. The highest BCUT2D eigenvalue weighted by Gasteiger charge is 2.30. The lowest BCUT2D eigenvalue weighted by molar-refractivity contribution is -0.140. The number of rotatable bonds is 6. The van der Waals surface area contributed by atoms with E-state index in [1.54, 1.807) is 34.1 Å². The number of anilines is 1. The van der Waals surface area contributed by atoms with Crippen LogP contribution in [0.5, 0.6) is 0 Å². The minimum absolute atomic E-state index is 0.0353. The summed E-state index contributed by atoms with van der Waals surface area (Å²) in [5.41, 5.74) is 2.28. The van der Waals surface area contributed by atoms with E-state index in [1.807, 2.05) is 36.1 Å². The standard InChI is InChI=1S/C33H38N6O5/c1-22-19-25-20-26(12-13-28(25)44-22)34-33(36-30(41)23-8-10-24(11-9-23)31(42)38-17-6-18-38)35-27-7-2-3-16-39(32(27)43)21-29(40)37-14-4-5-15-37/h8-13,19-20,27H,2-7,14-18,21H2,1H3,(H2,34,35,36,41). The first-order valence-corrected chi connectivity index (χ1v) is 15.5. The maximum absolute atomic E-state index is 13.7. The molecule has 6 rings (SSSR count). The molecule has 0 aliphatic carbocycles. The van der Waals surface area contributed by atoms with Gasteiger partial charge in [-0.25, -0.2) is 4.99 Å². The summed E-state index contributed by atoms with van der Waals surface area (Å²) in [6.45, 7) is 5.38. The summed E-state index contributed by atoms with van der Waals surface area (Å²) in [5.74, 6) is 0.174. The monoisotopic (exact) mass is 598 g/mol. The minimum atomic E-state index is -0.761. The van der Waals surface area contributed by atoms with Gasteiger partial charge in [0.1, 0.15) is 17.4 Å². The van der Waals surface area contributed by atoms with Gasteiger partial charge < -0.3 is 24.4 Å². The first kappa shape index (κ1) is 29.4. The average Bonchev–Trinajstić information content (AvgIpc) is 3.62. The number of nitrogens with zero attached hydrogens (tertiary/aromatic N) is 4. The quantitative estimate of drug-likeness (QED) is 0.328. The number of aliphatic imine (C=N–C) groups is 1. The fourth-order valence-electron chi connectivity index (χ4n) is 5.88. The molecule has 2 aromatic carbocycles. The highest BCUT2D eigenvalue weighted by molar-refractivity contribution is 6.11. The Labute approximate surface area is 256 Å². The number of hydrogen-bond donors (Lipinski definition) is 2. The van der Waals surface area contributed by atoms with Gasteiger partial charge in [0, 0.05) is 54.9 Å². The van der Waals surface area contributed by atoms with Crippen LogP contribution in [0.1, 0.15) is 65.0 Å². The van der Waals surface area contributed by atoms with Gasteiger partial charge in [-0.3, -0.25) is 24.5 Å². The number of nitrogens with one attached hydrogen (secondary N) is 2. The van der Waals surface area contributed by atoms with Gasteiger partial charge in [0.2, 0.25) is 17.8 Å². The summed E-state index contributed by atoms with van der Waals surface area (Å²) in [4.78, 5) is 62.4. The summed E-state index contributed by atoms with van der Waals surface area (Å²) in [6.07, 6.45) is 5.03. The number of aryl methyl sites for hydroxylation is 1. The van der Waals surface area contributed by atoms with Gasteiger partial charge in [-0.1, -0.05) is 0 Å². The molecule has 44 heavy (non-hydrogen) atoms. The molecule has 230 valence electrons. The third kappa shape index (κ3) is 6.61. The van der Waals surface area contributed by atoms with E-state index in [0.717, 1.165) is 75.0 Å². The zero-order valence-corrected chi connectivity index (χ0v) is 25.0. The molecule has 4 amide bonds. The van der Waals surface area contributed by atoms with Gasteiger partial charge in [-0.15, -0.1) is 0 Å². The second-order valence-electron chi connectivity index (χ2n) is 11.7. The van der Waals surface area contributed by atoms with Crippen LogP contribution in [0.2, 0.25) is 0 Å². The Bertz CT molecular complexity index is 1590. The first-order chi connectivity index (χ1) is 21.3. The highest BCUT2D eigenvalue weighted by atomic mass is 16.3. The van der Waals surface area contributed by atoms with Gasteiger partial charge in [0.15, 0.2) is 0 Å². The number of guanidine groups is 1. The molecule has 3 saturated heterocycles. The second kappa shape index (κ2) is 12.9. The lowest BCUT2D eigenvalue weighted by Crippen LogP contribution is -2.45. The van der Waals surface area contributed by atoms with Crippen molar-refractivity contribution in [3.05, 3.63) is 65.4 Å². The molecule has 0 spiro atoms. The van der Waals surface area contributed by atoms with Crippen molar-refractivity contribution in [2.45, 2.75) is 51.5 Å². The lowest BCUT2D eigenvalue weighted by Gasteiger charge is -2.30. The Morgan fingerprint density at radius 1 is 0.864 bits per heavy atom. The van der Waals surface area contributed by atoms with Crippen molar-refractivity contribution in [2.24, 2.45) is 4.99 Å². The van der Waals surface area contributed by atoms with Crippen LogP contribution < -0.4 is 10.6 Å². The molecule has 1 atom stereocenters. The van der Waals surface area contributed by atoms with E-state index >= 15 is 0 Å². The van der Waals surface area contributed by atoms with Crippen LogP contribution >= 0.6 is 0 Å². The molecule has 0 bridgehead atoms. The van der Waals surface area contributed by atoms with Crippen molar-refractivity contribution >= 4 is 46.2 Å². The Morgan fingerprint density at radius 2 is 1.57 bits per heavy atom. The molecule has 1 unspecified atom stereocenters. The van der Waals surface area contributed by atoms with Crippen LogP contribution in [-0.4, -0.2) is 89.6 Å². The number of likely N-dealkylation sites (tertiary alicyclic amines) is 3. The van der Waals surface area contributed by atoms with E-state index in [0.29, 0.717) is 29.8 Å². The van der Waals surface area contributed by atoms with Crippen molar-refractivity contribution in [3.63, 3.8) is 0 Å². The van der Waals surface area contributed by atoms with Crippen LogP contribution in [0.3, 0.4) is 0 Å². The summed E-state index contributed by atoms with van der Waals surface area (Å²) >= 11 is 0. The fraction of sp³-hybridized carbons (Fsp3) is 0.424. The summed E-state index contributed by atoms with van der Waals surface area (Å²) in [6, 6.07) is 13.2. The van der Waals surface area contributed by atoms with Crippen molar-refractivity contribution in [1.82, 2.24) is 20.0 Å². The van der Waals surface area contributed by atoms with Crippen molar-refractivity contribution in [1.29, 1.82) is 0 Å². The van der Waals surface area contributed by atoms with E-state index in [-0.39, 0.29) is 30.2 Å². The van der Waals surface area contributed by atoms with E-state index in [4.69, 9.17) is 9.41 Å². The van der Waals surface area contributed by atoms with Gasteiger partial charge in [0.05, 0.1) is 6.54 Å². The normalized spacial score (nSPS) is 19.1. The molecule has 3 aromatic rings. The fourth-order valence-corrected chi connectivity index (χ4v) is 5.88. The Morgan fingerprint density at radius 3 is 2.30 bits per heavy atom. The third-order valence-corrected chi connectivity index (χ3v) is 8.49. The zero-order chi connectivity index (χ0) is 30.6. The van der Waals surface area contributed by atoms with Crippen molar-refractivity contribution in [3.8, 4) is 0 Å². The molecular formula is C33H38N6O5. The van der Waals surface area contributed by atoms with Crippen LogP contribution in [0.4, 0.5) is 5.69 Å². The molecule has 3 fully saturated rings. The van der Waals surface area contributed by atoms with E-state index in [2.05, 4.69) is 10.6 Å². The summed E-state index contributed by atoms with van der Waals surface area (Å²) in [5, 5.41) is 6.94. The van der Waals surface area contributed by atoms with Crippen LogP contribution in [0.15, 0.2) is 57.9 Å². The third-order valence-electron chi connectivity index (χ3n) is 8.49. The number of carbonyl (C=O) groups excluding carboxylic acids is 4. The molecule has 3 aliphatic heterocycles. The second-order valence-corrected chi connectivity index (χ2v) is 11.7. The van der Waals surface area contributed by atoms with Gasteiger partial charge in [0.25, 0.3) is 11.8 Å². The Hall–Kier alpha value is -4.67. The van der Waals surface area contributed by atoms with E-state index in [9.17, 15) is 19.2 Å². The predicted octanol–water partition coefficient (Wildman–Crippen LogP) is 3.79. The number of benzene rings is 2. The SMILES string of the molecule is Cc1cc2cc(NC(=NC3CCCCN(CC(=O)N4CCCC4)C3=O)NC(=O)c3ccc(C(=O)N4CCC4)cc3)ccc2o1. The van der Waals surface area contributed by atoms with Crippen molar-refractivity contribution < 1.29 is 23.6 Å². The highest BCUT2D eigenvalue weighted by Crippen LogP contribution is 2.23. The van der Waals surface area contributed by atoms with Gasteiger partial charge in [-0.2, -0.15) is 0 Å². The average molecular weight is 599 g/mol. The largest absolute Gasteiger partial charge is 0.461 e. The number of hydrogen-bond acceptors (Lipinski definition) is 6. The minimum Gasteiger partial charge on any atom is -0.461 e. The number of furan rings is 1. The van der Waals surface area contributed by atoms with Gasteiger partial charge >= 0.3 is 0 Å². The van der Waals surface area contributed by atoms with Crippen molar-refractivity contribution in [2.75, 3.05) is 44.6 Å². The summed E-state index contributed by atoms with van der Waals surface area (Å²) < 4.78 is 5.70. The topological polar surface area (TPSA) is 128 Å². The smallest absolute Gasteiger partial charge is 0.257 e. The molecule has 11 nitrogen and oxygen atoms in total. The van der Waals surface area contributed by atoms with Gasteiger partial charge in [-0.05, 0) is 94.0 Å². The maximum Gasteiger partial charge on any atom is 0.257 e. The summed E-state index contributed by atoms with van der Waals surface area (Å²) in [7, 11) is 0. The lowest BCUT2D eigenvalue weighted by atomic mass is 10.1. The van der Waals surface area contributed by atoms with E-state index < -0.39 is 11.9 Å². The maximum atomic E-state index is 13.7. The molecule has 2 N–H and O–H groups in total. The van der Waals surface area contributed by atoms with E-state index in [1.165, 1.54) is 0 Å². The molecular weight excluding hydrogens is 560 g/mol. The van der Waals surface area contributed by atoms with Crippen LogP contribution in [0, 0.1) is 6.92 Å². The molecule has 4 heterocycles. The number of amides is 4. The zero-order valence-electron chi connectivity index (χ0n) is 25.0. The first-order valence-electron chi connectivity index (χ1n) is 15.5. The molecule has 1 aromatic heterocycles. The molecule has 0 saturated carbocycles. The Balaban J connectivity index is 1.23. The Kier molecular flexibility index (Phi) is 8.63. The number of carbonyl (C=O) groups is 4. The van der Waals surface area contributed by atoms with Crippen LogP contribution in [-0.2, 0) is 9.59 Å². The van der Waals surface area contributed by atoms with Crippen LogP contribution in [0.25, 0.3) is 11.0 Å². The molecule has 0 radical (unpaired) electrons. The molecule has 11 heteroatoms. The predicted molar refractivity (Wildman–Crippen MR) is 166 cm³/mol. The molecule has 3 aliphatic rings.